The Morgan fingerprint density at radius 3 is 2.65 bits per heavy atom. The number of nitrogens with two attached hydrogens (primary N) is 1. The van der Waals surface area contributed by atoms with E-state index in [1.807, 2.05) is 30.3 Å². The minimum atomic E-state index is 0. The van der Waals surface area contributed by atoms with Crippen LogP contribution in [0.15, 0.2) is 48.5 Å². The van der Waals surface area contributed by atoms with Gasteiger partial charge >= 0.3 is 0 Å². The molecule has 3 rings (SSSR count). The van der Waals surface area contributed by atoms with Crippen molar-refractivity contribution in [3.8, 4) is 0 Å². The maximum atomic E-state index is 6.38. The van der Waals surface area contributed by atoms with Crippen molar-refractivity contribution in [3.05, 3.63) is 64.7 Å². The molecule has 1 aliphatic rings. The summed E-state index contributed by atoms with van der Waals surface area (Å²) in [6, 6.07) is 16.5. The van der Waals surface area contributed by atoms with E-state index >= 15 is 0 Å². The Kier molecular flexibility index (Phi) is 8.17. The first-order valence-corrected chi connectivity index (χ1v) is 7.65. The first-order valence-electron chi connectivity index (χ1n) is 7.27. The highest BCUT2D eigenvalue weighted by molar-refractivity contribution is 6.31. The van der Waals surface area contributed by atoms with Crippen molar-refractivity contribution in [2.24, 2.45) is 0 Å². The summed E-state index contributed by atoms with van der Waals surface area (Å²) in [6.45, 7) is 3.82. The molecule has 1 heterocycles. The standard InChI is InChI=1S/C17H20ClN3.2ClH/c18-16-7-2-1-6-15(16)17-11-20-8-9-21(17)12-13-4-3-5-14(19)10-13;;/h1-7,10,17,20H,8-9,11-12,19H2;2*1H. The summed E-state index contributed by atoms with van der Waals surface area (Å²) >= 11 is 6.38. The van der Waals surface area contributed by atoms with Crippen molar-refractivity contribution in [2.75, 3.05) is 25.4 Å². The predicted octanol–water partition coefficient (Wildman–Crippen LogP) is 3.91. The van der Waals surface area contributed by atoms with Gasteiger partial charge in [0.1, 0.15) is 0 Å². The number of halogens is 3. The summed E-state index contributed by atoms with van der Waals surface area (Å²) in [4.78, 5) is 2.46. The lowest BCUT2D eigenvalue weighted by atomic mass is 10.0. The molecule has 0 spiro atoms. The van der Waals surface area contributed by atoms with Crippen LogP contribution in [0, 0.1) is 0 Å². The van der Waals surface area contributed by atoms with Crippen molar-refractivity contribution < 1.29 is 0 Å². The first-order chi connectivity index (χ1) is 10.2. The van der Waals surface area contributed by atoms with Crippen LogP contribution >= 0.6 is 36.4 Å². The molecule has 3 N–H and O–H groups in total. The molecular weight excluding hydrogens is 353 g/mol. The molecule has 1 atom stereocenters. The van der Waals surface area contributed by atoms with Gasteiger partial charge in [0, 0.05) is 42.9 Å². The maximum Gasteiger partial charge on any atom is 0.0491 e. The van der Waals surface area contributed by atoms with Gasteiger partial charge in [0.25, 0.3) is 0 Å². The topological polar surface area (TPSA) is 41.3 Å². The van der Waals surface area contributed by atoms with Gasteiger partial charge in [0.15, 0.2) is 0 Å². The zero-order chi connectivity index (χ0) is 14.7. The summed E-state index contributed by atoms with van der Waals surface area (Å²) in [5.41, 5.74) is 9.13. The molecule has 0 radical (unpaired) electrons. The van der Waals surface area contributed by atoms with E-state index in [1.165, 1.54) is 11.1 Å². The fourth-order valence-corrected chi connectivity index (χ4v) is 3.18. The van der Waals surface area contributed by atoms with Crippen LogP contribution in [-0.2, 0) is 6.54 Å². The minimum absolute atomic E-state index is 0. The van der Waals surface area contributed by atoms with Crippen molar-refractivity contribution in [1.82, 2.24) is 10.2 Å². The second-order valence-electron chi connectivity index (χ2n) is 5.46. The van der Waals surface area contributed by atoms with Crippen molar-refractivity contribution in [2.45, 2.75) is 12.6 Å². The van der Waals surface area contributed by atoms with Crippen molar-refractivity contribution in [1.29, 1.82) is 0 Å². The molecule has 3 nitrogen and oxygen atoms in total. The number of nitrogens with zero attached hydrogens (tertiary/aromatic N) is 1. The lowest BCUT2D eigenvalue weighted by molar-refractivity contribution is 0.154. The summed E-state index contributed by atoms with van der Waals surface area (Å²) in [7, 11) is 0. The van der Waals surface area contributed by atoms with Crippen molar-refractivity contribution >= 4 is 42.1 Å². The van der Waals surface area contributed by atoms with Gasteiger partial charge in [0.05, 0.1) is 0 Å². The molecule has 1 aliphatic heterocycles. The van der Waals surface area contributed by atoms with E-state index in [9.17, 15) is 0 Å². The molecule has 0 bridgehead atoms. The monoisotopic (exact) mass is 373 g/mol. The SMILES string of the molecule is Cl.Cl.Nc1cccc(CN2CCNCC2c2ccccc2Cl)c1. The van der Waals surface area contributed by atoms with Crippen LogP contribution < -0.4 is 11.1 Å². The average molecular weight is 375 g/mol. The van der Waals surface area contributed by atoms with Crippen LogP contribution in [0.4, 0.5) is 5.69 Å². The normalized spacial score (nSPS) is 17.9. The molecule has 1 unspecified atom stereocenters. The van der Waals surface area contributed by atoms with Gasteiger partial charge in [-0.2, -0.15) is 0 Å². The zero-order valence-electron chi connectivity index (χ0n) is 12.7. The Labute approximate surface area is 155 Å². The van der Waals surface area contributed by atoms with E-state index in [4.69, 9.17) is 17.3 Å². The number of nitrogens with one attached hydrogen (secondary N) is 1. The Bertz CT molecular complexity index is 622. The number of hydrogen-bond donors (Lipinski definition) is 2. The molecule has 0 aromatic heterocycles. The van der Waals surface area contributed by atoms with Crippen LogP contribution in [0.3, 0.4) is 0 Å². The van der Waals surface area contributed by atoms with Crippen molar-refractivity contribution in [3.63, 3.8) is 0 Å². The fourth-order valence-electron chi connectivity index (χ4n) is 2.91. The maximum absolute atomic E-state index is 6.38. The second kappa shape index (κ2) is 9.36. The Hall–Kier alpha value is -0.970. The smallest absolute Gasteiger partial charge is 0.0491 e. The highest BCUT2D eigenvalue weighted by Crippen LogP contribution is 2.29. The molecule has 0 aliphatic carbocycles. The number of rotatable bonds is 3. The molecule has 1 saturated heterocycles. The Morgan fingerprint density at radius 1 is 1.13 bits per heavy atom. The van der Waals surface area contributed by atoms with Gasteiger partial charge in [-0.3, -0.25) is 4.90 Å². The summed E-state index contributed by atoms with van der Waals surface area (Å²) < 4.78 is 0. The molecule has 23 heavy (non-hydrogen) atoms. The van der Waals surface area contributed by atoms with Crippen LogP contribution in [0.2, 0.25) is 5.02 Å². The molecule has 0 amide bonds. The first kappa shape index (κ1) is 20.1. The summed E-state index contributed by atoms with van der Waals surface area (Å²) in [5.74, 6) is 0. The van der Waals surface area contributed by atoms with Gasteiger partial charge in [-0.1, -0.05) is 41.9 Å². The molecule has 2 aromatic carbocycles. The third-order valence-electron chi connectivity index (χ3n) is 3.96. The zero-order valence-corrected chi connectivity index (χ0v) is 15.1. The molecule has 0 saturated carbocycles. The predicted molar refractivity (Wildman–Crippen MR) is 103 cm³/mol. The summed E-state index contributed by atoms with van der Waals surface area (Å²) in [6.07, 6.45) is 0. The van der Waals surface area contributed by atoms with Crippen LogP contribution in [0.25, 0.3) is 0 Å². The van der Waals surface area contributed by atoms with E-state index in [2.05, 4.69) is 28.4 Å². The van der Waals surface area contributed by atoms with E-state index in [0.717, 1.165) is 36.9 Å². The molecule has 6 heteroatoms. The Balaban J connectivity index is 0.00000132. The highest BCUT2D eigenvalue weighted by Gasteiger charge is 2.25. The van der Waals surface area contributed by atoms with Crippen LogP contribution in [-0.4, -0.2) is 24.5 Å². The highest BCUT2D eigenvalue weighted by atomic mass is 35.5. The fraction of sp³-hybridized carbons (Fsp3) is 0.294. The lowest BCUT2D eigenvalue weighted by Crippen LogP contribution is -2.45. The third-order valence-corrected chi connectivity index (χ3v) is 4.30. The van der Waals surface area contributed by atoms with Gasteiger partial charge < -0.3 is 11.1 Å². The van der Waals surface area contributed by atoms with Crippen LogP contribution in [0.1, 0.15) is 17.2 Å². The minimum Gasteiger partial charge on any atom is -0.399 e. The Morgan fingerprint density at radius 2 is 1.91 bits per heavy atom. The van der Waals surface area contributed by atoms with Gasteiger partial charge in [-0.15, -0.1) is 24.8 Å². The molecule has 126 valence electrons. The van der Waals surface area contributed by atoms with Gasteiger partial charge in [-0.25, -0.2) is 0 Å². The third kappa shape index (κ3) is 5.00. The quantitative estimate of drug-likeness (QED) is 0.800. The largest absolute Gasteiger partial charge is 0.399 e. The van der Waals surface area contributed by atoms with E-state index < -0.39 is 0 Å². The number of piperazine rings is 1. The van der Waals surface area contributed by atoms with E-state index in [-0.39, 0.29) is 24.8 Å². The van der Waals surface area contributed by atoms with Gasteiger partial charge in [-0.05, 0) is 29.3 Å². The van der Waals surface area contributed by atoms with Crippen LogP contribution in [0.5, 0.6) is 0 Å². The number of nitrogen functional groups attached to an aromatic ring is 1. The lowest BCUT2D eigenvalue weighted by Gasteiger charge is -2.37. The summed E-state index contributed by atoms with van der Waals surface area (Å²) in [5, 5.41) is 4.30. The average Bonchev–Trinajstić information content (AvgIpc) is 2.49. The number of hydrogen-bond acceptors (Lipinski definition) is 3. The molecular formula is C17H22Cl3N3. The molecule has 2 aromatic rings. The second-order valence-corrected chi connectivity index (χ2v) is 5.86. The van der Waals surface area contributed by atoms with E-state index in [1.54, 1.807) is 0 Å². The number of benzene rings is 2. The number of anilines is 1. The van der Waals surface area contributed by atoms with E-state index in [0.29, 0.717) is 6.04 Å². The van der Waals surface area contributed by atoms with Gasteiger partial charge in [0.2, 0.25) is 0 Å². The molecule has 1 fully saturated rings.